The number of carbonyl (C=O) groups excluding carboxylic acids is 1. The molecule has 168 valence electrons. The van der Waals surface area contributed by atoms with Gasteiger partial charge < -0.3 is 10.1 Å². The number of amides is 1. The first kappa shape index (κ1) is 23.4. The van der Waals surface area contributed by atoms with E-state index < -0.39 is 33.6 Å². The fourth-order valence-electron chi connectivity index (χ4n) is 3.09. The highest BCUT2D eigenvalue weighted by molar-refractivity contribution is 7.89. The summed E-state index contributed by atoms with van der Waals surface area (Å²) in [5.74, 6) is -2.45. The SMILES string of the molecule is COc1ccc(C)cc1S(=O)(=O)N[C@@H](Cc1ccccc1)C(=O)Nc1ccc(F)cc1F. The van der Waals surface area contributed by atoms with E-state index in [0.717, 1.165) is 12.1 Å². The van der Waals surface area contributed by atoms with E-state index >= 15 is 0 Å². The van der Waals surface area contributed by atoms with E-state index in [2.05, 4.69) is 10.0 Å². The van der Waals surface area contributed by atoms with Gasteiger partial charge >= 0.3 is 0 Å². The quantitative estimate of drug-likeness (QED) is 0.536. The molecule has 3 aromatic carbocycles. The molecule has 32 heavy (non-hydrogen) atoms. The Labute approximate surface area is 185 Å². The Kier molecular flexibility index (Phi) is 7.22. The number of hydrogen-bond acceptors (Lipinski definition) is 4. The number of nitrogens with one attached hydrogen (secondary N) is 2. The Morgan fingerprint density at radius 3 is 2.41 bits per heavy atom. The molecule has 0 aliphatic heterocycles. The molecule has 0 aromatic heterocycles. The Bertz CT molecular complexity index is 1220. The lowest BCUT2D eigenvalue weighted by molar-refractivity contribution is -0.117. The van der Waals surface area contributed by atoms with Crippen LogP contribution in [-0.4, -0.2) is 27.5 Å². The molecule has 0 heterocycles. The zero-order valence-corrected chi connectivity index (χ0v) is 18.2. The van der Waals surface area contributed by atoms with Crippen molar-refractivity contribution < 1.29 is 26.7 Å². The van der Waals surface area contributed by atoms with Crippen molar-refractivity contribution in [3.05, 3.63) is 89.5 Å². The summed E-state index contributed by atoms with van der Waals surface area (Å²) in [6, 6.07) is 14.8. The highest BCUT2D eigenvalue weighted by Crippen LogP contribution is 2.25. The van der Waals surface area contributed by atoms with Gasteiger partial charge in [0, 0.05) is 6.07 Å². The molecule has 6 nitrogen and oxygen atoms in total. The van der Waals surface area contributed by atoms with Crippen LogP contribution in [-0.2, 0) is 21.2 Å². The Hall–Kier alpha value is -3.30. The van der Waals surface area contributed by atoms with Gasteiger partial charge in [-0.1, -0.05) is 36.4 Å². The fourth-order valence-corrected chi connectivity index (χ4v) is 4.54. The molecule has 1 atom stereocenters. The van der Waals surface area contributed by atoms with E-state index in [1.54, 1.807) is 43.3 Å². The average molecular weight is 461 g/mol. The summed E-state index contributed by atoms with van der Waals surface area (Å²) >= 11 is 0. The minimum atomic E-state index is -4.19. The standard InChI is InChI=1S/C23H22F2N2O4S/c1-15-8-11-21(31-2)22(12-15)32(29,30)27-20(13-16-6-4-3-5-7-16)23(28)26-19-10-9-17(24)14-18(19)25/h3-12,14,20,27H,13H2,1-2H3,(H,26,28)/t20-/m0/s1. The average Bonchev–Trinajstić information content (AvgIpc) is 2.75. The van der Waals surface area contributed by atoms with Crippen LogP contribution < -0.4 is 14.8 Å². The maximum atomic E-state index is 14.0. The van der Waals surface area contributed by atoms with Crippen molar-refractivity contribution in [1.29, 1.82) is 0 Å². The molecule has 3 aromatic rings. The van der Waals surface area contributed by atoms with Crippen molar-refractivity contribution in [1.82, 2.24) is 4.72 Å². The zero-order valence-electron chi connectivity index (χ0n) is 17.4. The van der Waals surface area contributed by atoms with Crippen molar-refractivity contribution in [2.75, 3.05) is 12.4 Å². The van der Waals surface area contributed by atoms with Gasteiger partial charge in [0.25, 0.3) is 0 Å². The van der Waals surface area contributed by atoms with Gasteiger partial charge in [-0.25, -0.2) is 17.2 Å². The number of rotatable bonds is 8. The molecule has 0 aliphatic carbocycles. The maximum absolute atomic E-state index is 14.0. The Morgan fingerprint density at radius 2 is 1.75 bits per heavy atom. The Morgan fingerprint density at radius 1 is 1.03 bits per heavy atom. The lowest BCUT2D eigenvalue weighted by atomic mass is 10.1. The maximum Gasteiger partial charge on any atom is 0.245 e. The predicted molar refractivity (Wildman–Crippen MR) is 117 cm³/mol. The van der Waals surface area contributed by atoms with Crippen LogP contribution in [0.4, 0.5) is 14.5 Å². The number of carbonyl (C=O) groups is 1. The van der Waals surface area contributed by atoms with Crippen LogP contribution in [0.15, 0.2) is 71.6 Å². The fraction of sp³-hybridized carbons (Fsp3) is 0.174. The minimum absolute atomic E-state index is 0.00283. The van der Waals surface area contributed by atoms with Gasteiger partial charge in [-0.2, -0.15) is 4.72 Å². The van der Waals surface area contributed by atoms with Gasteiger partial charge in [0.1, 0.15) is 28.3 Å². The van der Waals surface area contributed by atoms with Gasteiger partial charge in [0.15, 0.2) is 0 Å². The topological polar surface area (TPSA) is 84.5 Å². The number of aryl methyl sites for hydroxylation is 1. The van der Waals surface area contributed by atoms with Crippen molar-refractivity contribution in [2.45, 2.75) is 24.3 Å². The van der Waals surface area contributed by atoms with Crippen molar-refractivity contribution in [3.8, 4) is 5.75 Å². The lowest BCUT2D eigenvalue weighted by Gasteiger charge is -2.20. The van der Waals surface area contributed by atoms with Crippen molar-refractivity contribution >= 4 is 21.6 Å². The molecule has 0 aliphatic rings. The summed E-state index contributed by atoms with van der Waals surface area (Å²) < 4.78 is 61.1. The summed E-state index contributed by atoms with van der Waals surface area (Å²) in [7, 11) is -2.85. The lowest BCUT2D eigenvalue weighted by Crippen LogP contribution is -2.45. The first-order chi connectivity index (χ1) is 15.2. The van der Waals surface area contributed by atoms with Gasteiger partial charge in [0.2, 0.25) is 15.9 Å². The van der Waals surface area contributed by atoms with Gasteiger partial charge in [-0.3, -0.25) is 4.79 Å². The van der Waals surface area contributed by atoms with Crippen LogP contribution in [0.1, 0.15) is 11.1 Å². The Balaban J connectivity index is 1.93. The third-order valence-electron chi connectivity index (χ3n) is 4.69. The first-order valence-corrected chi connectivity index (χ1v) is 11.1. The molecular weight excluding hydrogens is 438 g/mol. The molecule has 3 rings (SSSR count). The summed E-state index contributed by atoms with van der Waals surface area (Å²) in [4.78, 5) is 12.8. The number of ether oxygens (including phenoxy) is 1. The van der Waals surface area contributed by atoms with Crippen LogP contribution >= 0.6 is 0 Å². The van der Waals surface area contributed by atoms with E-state index in [1.165, 1.54) is 19.2 Å². The highest BCUT2D eigenvalue weighted by Gasteiger charge is 2.29. The number of hydrogen-bond donors (Lipinski definition) is 2. The van der Waals surface area contributed by atoms with Gasteiger partial charge in [-0.05, 0) is 48.7 Å². The summed E-state index contributed by atoms with van der Waals surface area (Å²) in [5, 5.41) is 2.33. The van der Waals surface area contributed by atoms with E-state index in [1.807, 2.05) is 0 Å². The summed E-state index contributed by atoms with van der Waals surface area (Å²) in [6.07, 6.45) is 0.00283. The molecule has 0 bridgehead atoms. The van der Waals surface area contributed by atoms with Crippen LogP contribution in [0.5, 0.6) is 5.75 Å². The summed E-state index contributed by atoms with van der Waals surface area (Å²) in [5.41, 5.74) is 1.11. The van der Waals surface area contributed by atoms with Crippen LogP contribution in [0.25, 0.3) is 0 Å². The molecule has 1 amide bonds. The van der Waals surface area contributed by atoms with Crippen molar-refractivity contribution in [3.63, 3.8) is 0 Å². The molecule has 0 spiro atoms. The third-order valence-corrected chi connectivity index (χ3v) is 6.19. The third kappa shape index (κ3) is 5.68. The van der Waals surface area contributed by atoms with E-state index in [9.17, 15) is 22.0 Å². The second-order valence-electron chi connectivity index (χ2n) is 7.13. The first-order valence-electron chi connectivity index (χ1n) is 9.66. The number of anilines is 1. The monoisotopic (exact) mass is 460 g/mol. The normalized spacial score (nSPS) is 12.2. The molecule has 2 N–H and O–H groups in total. The largest absolute Gasteiger partial charge is 0.495 e. The van der Waals surface area contributed by atoms with Gasteiger partial charge in [0.05, 0.1) is 12.8 Å². The zero-order chi connectivity index (χ0) is 23.3. The molecular formula is C23H22F2N2O4S. The van der Waals surface area contributed by atoms with Crippen LogP contribution in [0.2, 0.25) is 0 Å². The molecule has 0 saturated heterocycles. The van der Waals surface area contributed by atoms with Crippen LogP contribution in [0.3, 0.4) is 0 Å². The number of halogens is 2. The smallest absolute Gasteiger partial charge is 0.245 e. The highest BCUT2D eigenvalue weighted by atomic mass is 32.2. The summed E-state index contributed by atoms with van der Waals surface area (Å²) in [6.45, 7) is 1.73. The number of benzene rings is 3. The molecule has 0 radical (unpaired) electrons. The second-order valence-corrected chi connectivity index (χ2v) is 8.81. The van der Waals surface area contributed by atoms with Crippen LogP contribution in [0, 0.1) is 18.6 Å². The second kappa shape index (κ2) is 9.88. The number of sulfonamides is 1. The molecule has 0 unspecified atom stereocenters. The molecule has 9 heteroatoms. The number of methoxy groups -OCH3 is 1. The van der Waals surface area contributed by atoms with Gasteiger partial charge in [-0.15, -0.1) is 0 Å². The van der Waals surface area contributed by atoms with Crippen molar-refractivity contribution in [2.24, 2.45) is 0 Å². The minimum Gasteiger partial charge on any atom is -0.495 e. The van der Waals surface area contributed by atoms with E-state index in [0.29, 0.717) is 17.2 Å². The van der Waals surface area contributed by atoms with E-state index in [-0.39, 0.29) is 22.8 Å². The van der Waals surface area contributed by atoms with E-state index in [4.69, 9.17) is 4.74 Å². The predicted octanol–water partition coefficient (Wildman–Crippen LogP) is 3.81. The molecule has 0 saturated carbocycles. The molecule has 0 fully saturated rings.